The van der Waals surface area contributed by atoms with Crippen LogP contribution in [0, 0.1) is 24.1 Å². The van der Waals surface area contributed by atoms with Gasteiger partial charge < -0.3 is 0 Å². The number of fused-ring (bicyclic) bond motifs is 1. The fourth-order valence-corrected chi connectivity index (χ4v) is 1.37. The van der Waals surface area contributed by atoms with E-state index in [9.17, 15) is 4.39 Å². The van der Waals surface area contributed by atoms with Crippen molar-refractivity contribution in [2.75, 3.05) is 0 Å². The Kier molecular flexibility index (Phi) is 1.90. The molecule has 2 rings (SSSR count). The molecular weight excluding hydrogens is 179 g/mol. The highest BCUT2D eigenvalue weighted by molar-refractivity contribution is 5.82. The number of nitrogens with zero attached hydrogens (tertiary/aromatic N) is 2. The van der Waals surface area contributed by atoms with Crippen molar-refractivity contribution in [1.82, 2.24) is 4.98 Å². The first-order chi connectivity index (χ1) is 6.72. The highest BCUT2D eigenvalue weighted by Crippen LogP contribution is 2.19. The van der Waals surface area contributed by atoms with Gasteiger partial charge in [0.15, 0.2) is 0 Å². The lowest BCUT2D eigenvalue weighted by molar-refractivity contribution is 0.620. The van der Waals surface area contributed by atoms with Crippen molar-refractivity contribution in [3.8, 4) is 6.07 Å². The van der Waals surface area contributed by atoms with E-state index in [0.717, 1.165) is 5.39 Å². The maximum atomic E-state index is 13.2. The number of nitriles is 1. The number of pyridine rings is 1. The summed E-state index contributed by atoms with van der Waals surface area (Å²) in [5.74, 6) is -0.292. The average molecular weight is 186 g/mol. The van der Waals surface area contributed by atoms with Crippen LogP contribution < -0.4 is 0 Å². The fraction of sp³-hybridized carbons (Fsp3) is 0.0909. The van der Waals surface area contributed by atoms with E-state index in [1.54, 1.807) is 25.1 Å². The number of hydrogen-bond acceptors (Lipinski definition) is 2. The fourth-order valence-electron chi connectivity index (χ4n) is 1.37. The average Bonchev–Trinajstić information content (AvgIpc) is 2.23. The van der Waals surface area contributed by atoms with Crippen molar-refractivity contribution in [3.63, 3.8) is 0 Å². The largest absolute Gasteiger partial charge is 0.237 e. The molecule has 3 heteroatoms. The van der Waals surface area contributed by atoms with Crippen LogP contribution in [-0.2, 0) is 0 Å². The van der Waals surface area contributed by atoms with E-state index in [4.69, 9.17) is 5.26 Å². The van der Waals surface area contributed by atoms with Crippen molar-refractivity contribution >= 4 is 10.9 Å². The standard InChI is InChI=1S/C11H7FN2/c1-7-10(12)5-3-8-2-4-9(6-13)14-11(7)8/h2-5H,1H3. The first-order valence-electron chi connectivity index (χ1n) is 4.18. The summed E-state index contributed by atoms with van der Waals surface area (Å²) < 4.78 is 13.2. The molecule has 2 nitrogen and oxygen atoms in total. The molecule has 1 aromatic carbocycles. The second kappa shape index (κ2) is 3.08. The van der Waals surface area contributed by atoms with Crippen LogP contribution in [0.2, 0.25) is 0 Å². The lowest BCUT2D eigenvalue weighted by Crippen LogP contribution is -1.90. The molecule has 0 aliphatic heterocycles. The SMILES string of the molecule is Cc1c(F)ccc2ccc(C#N)nc12. The van der Waals surface area contributed by atoms with Crippen LogP contribution in [0.4, 0.5) is 4.39 Å². The molecule has 14 heavy (non-hydrogen) atoms. The van der Waals surface area contributed by atoms with E-state index in [2.05, 4.69) is 4.98 Å². The summed E-state index contributed by atoms with van der Waals surface area (Å²) in [5, 5.41) is 9.50. The number of benzene rings is 1. The first-order valence-corrected chi connectivity index (χ1v) is 4.18. The summed E-state index contributed by atoms with van der Waals surface area (Å²) in [5.41, 5.74) is 1.36. The summed E-state index contributed by atoms with van der Waals surface area (Å²) in [6.45, 7) is 1.66. The van der Waals surface area contributed by atoms with Crippen LogP contribution in [0.5, 0.6) is 0 Å². The van der Waals surface area contributed by atoms with Crippen molar-refractivity contribution in [2.45, 2.75) is 6.92 Å². The molecule has 0 aliphatic rings. The number of aryl methyl sites for hydroxylation is 1. The van der Waals surface area contributed by atoms with Gasteiger partial charge in [0.25, 0.3) is 0 Å². The highest BCUT2D eigenvalue weighted by atomic mass is 19.1. The Morgan fingerprint density at radius 1 is 1.29 bits per heavy atom. The summed E-state index contributed by atoms with van der Waals surface area (Å²) >= 11 is 0. The zero-order chi connectivity index (χ0) is 10.1. The Morgan fingerprint density at radius 2 is 2.00 bits per heavy atom. The van der Waals surface area contributed by atoms with Gasteiger partial charge in [-0.15, -0.1) is 0 Å². The van der Waals surface area contributed by atoms with Gasteiger partial charge in [0.1, 0.15) is 17.6 Å². The normalized spacial score (nSPS) is 10.1. The molecule has 0 aliphatic carbocycles. The molecule has 2 aromatic rings. The van der Waals surface area contributed by atoms with Crippen LogP contribution in [0.15, 0.2) is 24.3 Å². The zero-order valence-corrected chi connectivity index (χ0v) is 7.58. The molecule has 0 spiro atoms. The Balaban J connectivity index is 2.86. The lowest BCUT2D eigenvalue weighted by Gasteiger charge is -2.01. The quantitative estimate of drug-likeness (QED) is 0.634. The van der Waals surface area contributed by atoms with Crippen LogP contribution in [-0.4, -0.2) is 4.98 Å². The van der Waals surface area contributed by atoms with E-state index < -0.39 is 0 Å². The van der Waals surface area contributed by atoms with Crippen molar-refractivity contribution in [1.29, 1.82) is 5.26 Å². The second-order valence-electron chi connectivity index (χ2n) is 3.05. The van der Waals surface area contributed by atoms with E-state index in [1.165, 1.54) is 6.07 Å². The summed E-state index contributed by atoms with van der Waals surface area (Å²) in [4.78, 5) is 4.05. The van der Waals surface area contributed by atoms with Gasteiger partial charge in [-0.1, -0.05) is 0 Å². The molecule has 0 bridgehead atoms. The molecular formula is C11H7FN2. The highest BCUT2D eigenvalue weighted by Gasteiger charge is 2.04. The van der Waals surface area contributed by atoms with Gasteiger partial charge >= 0.3 is 0 Å². The minimum Gasteiger partial charge on any atom is -0.237 e. The summed E-state index contributed by atoms with van der Waals surface area (Å²) in [6, 6.07) is 8.39. The van der Waals surface area contributed by atoms with E-state index in [1.807, 2.05) is 6.07 Å². The van der Waals surface area contributed by atoms with Crippen LogP contribution in [0.3, 0.4) is 0 Å². The van der Waals surface area contributed by atoms with Gasteiger partial charge in [0, 0.05) is 10.9 Å². The van der Waals surface area contributed by atoms with Gasteiger partial charge in [-0.25, -0.2) is 9.37 Å². The van der Waals surface area contributed by atoms with Gasteiger partial charge in [-0.3, -0.25) is 0 Å². The zero-order valence-electron chi connectivity index (χ0n) is 7.58. The molecule has 0 unspecified atom stereocenters. The smallest absolute Gasteiger partial charge is 0.141 e. The predicted molar refractivity (Wildman–Crippen MR) is 51.2 cm³/mol. The minimum absolute atomic E-state index is 0.292. The van der Waals surface area contributed by atoms with Gasteiger partial charge in [-0.2, -0.15) is 5.26 Å². The Hall–Kier alpha value is -1.95. The second-order valence-corrected chi connectivity index (χ2v) is 3.05. The van der Waals surface area contributed by atoms with Gasteiger partial charge in [0.2, 0.25) is 0 Å². The first kappa shape index (κ1) is 8.64. The van der Waals surface area contributed by atoms with Crippen molar-refractivity contribution in [3.05, 3.63) is 41.3 Å². The molecule has 1 heterocycles. The Morgan fingerprint density at radius 3 is 2.71 bits per heavy atom. The monoisotopic (exact) mass is 186 g/mol. The van der Waals surface area contributed by atoms with Crippen molar-refractivity contribution < 1.29 is 4.39 Å². The number of hydrogen-bond donors (Lipinski definition) is 0. The molecule has 1 aromatic heterocycles. The third kappa shape index (κ3) is 1.21. The van der Waals surface area contributed by atoms with E-state index in [-0.39, 0.29) is 5.82 Å². The number of aromatic nitrogens is 1. The van der Waals surface area contributed by atoms with E-state index in [0.29, 0.717) is 16.8 Å². The summed E-state index contributed by atoms with van der Waals surface area (Å²) in [7, 11) is 0. The molecule has 0 saturated carbocycles. The summed E-state index contributed by atoms with van der Waals surface area (Å²) in [6.07, 6.45) is 0. The van der Waals surface area contributed by atoms with Crippen LogP contribution in [0.1, 0.15) is 11.3 Å². The van der Waals surface area contributed by atoms with Gasteiger partial charge in [0.05, 0.1) is 5.52 Å². The number of rotatable bonds is 0. The predicted octanol–water partition coefficient (Wildman–Crippen LogP) is 2.55. The number of halogens is 1. The molecule has 0 fully saturated rings. The Bertz CT molecular complexity index is 541. The van der Waals surface area contributed by atoms with Crippen molar-refractivity contribution in [2.24, 2.45) is 0 Å². The molecule has 0 atom stereocenters. The van der Waals surface area contributed by atoms with E-state index >= 15 is 0 Å². The lowest BCUT2D eigenvalue weighted by atomic mass is 10.1. The van der Waals surface area contributed by atoms with Crippen LogP contribution >= 0.6 is 0 Å². The molecule has 68 valence electrons. The molecule has 0 radical (unpaired) electrons. The topological polar surface area (TPSA) is 36.7 Å². The maximum Gasteiger partial charge on any atom is 0.141 e. The Labute approximate surface area is 80.6 Å². The maximum absolute atomic E-state index is 13.2. The third-order valence-corrected chi connectivity index (χ3v) is 2.16. The minimum atomic E-state index is -0.292. The third-order valence-electron chi connectivity index (χ3n) is 2.16. The molecule has 0 N–H and O–H groups in total. The molecule has 0 amide bonds. The van der Waals surface area contributed by atoms with Gasteiger partial charge in [-0.05, 0) is 31.2 Å². The van der Waals surface area contributed by atoms with Crippen LogP contribution in [0.25, 0.3) is 10.9 Å². The molecule has 0 saturated heterocycles.